The maximum absolute atomic E-state index is 10.0. The maximum atomic E-state index is 10.0. The Morgan fingerprint density at radius 1 is 1.33 bits per heavy atom. The van der Waals surface area contributed by atoms with E-state index in [2.05, 4.69) is 0 Å². The van der Waals surface area contributed by atoms with Crippen LogP contribution in [0.3, 0.4) is 0 Å². The highest BCUT2D eigenvalue weighted by molar-refractivity contribution is 6.63. The number of hydrogen-bond donors (Lipinski definition) is 1. The molecule has 0 aromatic rings. The predicted molar refractivity (Wildman–Crippen MR) is 33.9 cm³/mol. The van der Waals surface area contributed by atoms with E-state index < -0.39 is 11.1 Å². The lowest BCUT2D eigenvalue weighted by atomic mass is 10.2. The molecule has 0 heterocycles. The molecule has 0 aliphatic carbocycles. The third-order valence-electron chi connectivity index (χ3n) is 0.797. The molecule has 0 spiro atoms. The maximum Gasteiger partial charge on any atom is 0.221 e. The highest BCUT2D eigenvalue weighted by Crippen LogP contribution is 1.97. The van der Waals surface area contributed by atoms with E-state index in [-0.39, 0.29) is 12.8 Å². The molecule has 0 saturated carbocycles. The SMILES string of the molecule is NC(=O)CCCC(=O)Cl. The van der Waals surface area contributed by atoms with Gasteiger partial charge < -0.3 is 5.73 Å². The average molecular weight is 150 g/mol. The molecule has 0 bridgehead atoms. The first-order chi connectivity index (χ1) is 4.13. The van der Waals surface area contributed by atoms with Gasteiger partial charge in [-0.1, -0.05) is 0 Å². The van der Waals surface area contributed by atoms with Gasteiger partial charge in [0.2, 0.25) is 11.1 Å². The molecule has 0 aromatic carbocycles. The molecule has 0 aliphatic rings. The Kier molecular flexibility index (Phi) is 4.05. The van der Waals surface area contributed by atoms with Crippen LogP contribution >= 0.6 is 11.6 Å². The molecule has 1 amide bonds. The number of carbonyl (C=O) groups excluding carboxylic acids is 2. The summed E-state index contributed by atoms with van der Waals surface area (Å²) in [6, 6.07) is 0. The zero-order valence-electron chi connectivity index (χ0n) is 4.89. The first kappa shape index (κ1) is 8.43. The van der Waals surface area contributed by atoms with Crippen LogP contribution in [0, 0.1) is 0 Å². The first-order valence-corrected chi connectivity index (χ1v) is 2.97. The molecule has 0 radical (unpaired) electrons. The van der Waals surface area contributed by atoms with Crippen LogP contribution in [0.5, 0.6) is 0 Å². The van der Waals surface area contributed by atoms with E-state index in [0.717, 1.165) is 0 Å². The summed E-state index contributed by atoms with van der Waals surface area (Å²) in [5.41, 5.74) is 4.79. The zero-order valence-corrected chi connectivity index (χ0v) is 5.65. The minimum atomic E-state index is -0.420. The molecule has 0 saturated heterocycles. The van der Waals surface area contributed by atoms with Crippen LogP contribution in [-0.4, -0.2) is 11.1 Å². The summed E-state index contributed by atoms with van der Waals surface area (Å²) in [5, 5.41) is -0.420. The number of primary amides is 1. The topological polar surface area (TPSA) is 60.2 Å². The molecule has 0 rings (SSSR count). The van der Waals surface area contributed by atoms with Crippen molar-refractivity contribution in [3.05, 3.63) is 0 Å². The fourth-order valence-corrected chi connectivity index (χ4v) is 0.535. The van der Waals surface area contributed by atoms with Crippen molar-refractivity contribution < 1.29 is 9.59 Å². The van der Waals surface area contributed by atoms with E-state index in [1.165, 1.54) is 0 Å². The van der Waals surface area contributed by atoms with Gasteiger partial charge in [0.05, 0.1) is 0 Å². The van der Waals surface area contributed by atoms with Gasteiger partial charge in [0.1, 0.15) is 0 Å². The highest BCUT2D eigenvalue weighted by Gasteiger charge is 1.97. The Balaban J connectivity index is 3.10. The van der Waals surface area contributed by atoms with Gasteiger partial charge in [0.25, 0.3) is 0 Å². The van der Waals surface area contributed by atoms with Crippen molar-refractivity contribution in [2.24, 2.45) is 5.73 Å². The first-order valence-electron chi connectivity index (χ1n) is 2.59. The third kappa shape index (κ3) is 7.43. The van der Waals surface area contributed by atoms with E-state index in [1.54, 1.807) is 0 Å². The lowest BCUT2D eigenvalue weighted by Gasteiger charge is -1.89. The average Bonchev–Trinajstić information content (AvgIpc) is 1.63. The largest absolute Gasteiger partial charge is 0.370 e. The second-order valence-electron chi connectivity index (χ2n) is 1.67. The van der Waals surface area contributed by atoms with Crippen molar-refractivity contribution >= 4 is 22.8 Å². The smallest absolute Gasteiger partial charge is 0.221 e. The van der Waals surface area contributed by atoms with Crippen LogP contribution in [0.1, 0.15) is 19.3 Å². The van der Waals surface area contributed by atoms with Gasteiger partial charge in [-0.3, -0.25) is 9.59 Å². The number of halogens is 1. The van der Waals surface area contributed by atoms with Crippen molar-refractivity contribution in [2.75, 3.05) is 0 Å². The fraction of sp³-hybridized carbons (Fsp3) is 0.600. The summed E-state index contributed by atoms with van der Waals surface area (Å²) in [6.45, 7) is 0. The van der Waals surface area contributed by atoms with E-state index >= 15 is 0 Å². The van der Waals surface area contributed by atoms with Gasteiger partial charge in [-0.05, 0) is 18.0 Å². The molecule has 0 atom stereocenters. The van der Waals surface area contributed by atoms with E-state index in [0.29, 0.717) is 6.42 Å². The summed E-state index contributed by atoms with van der Waals surface area (Å²) in [7, 11) is 0. The molecule has 0 unspecified atom stereocenters. The molecule has 0 aromatic heterocycles. The monoisotopic (exact) mass is 149 g/mol. The summed E-state index contributed by atoms with van der Waals surface area (Å²) in [6.07, 6.45) is 0.917. The van der Waals surface area contributed by atoms with Crippen LogP contribution in [0.4, 0.5) is 0 Å². The molecule has 9 heavy (non-hydrogen) atoms. The minimum Gasteiger partial charge on any atom is -0.370 e. The van der Waals surface area contributed by atoms with Crippen LogP contribution < -0.4 is 5.73 Å². The summed E-state index contributed by atoms with van der Waals surface area (Å²) in [5.74, 6) is -0.395. The van der Waals surface area contributed by atoms with Gasteiger partial charge in [-0.2, -0.15) is 0 Å². The van der Waals surface area contributed by atoms with Gasteiger partial charge in [-0.15, -0.1) is 0 Å². The number of hydrogen-bond acceptors (Lipinski definition) is 2. The van der Waals surface area contributed by atoms with Crippen LogP contribution in [0.2, 0.25) is 0 Å². The van der Waals surface area contributed by atoms with Crippen molar-refractivity contribution in [2.45, 2.75) is 19.3 Å². The quantitative estimate of drug-likeness (QED) is 0.589. The predicted octanol–water partition coefficient (Wildman–Crippen LogP) is 0.407. The molecule has 52 valence electrons. The Morgan fingerprint density at radius 3 is 2.22 bits per heavy atom. The Labute approximate surface area is 58.2 Å². The summed E-state index contributed by atoms with van der Waals surface area (Å²) in [4.78, 5) is 20.1. The highest BCUT2D eigenvalue weighted by atomic mass is 35.5. The van der Waals surface area contributed by atoms with Crippen LogP contribution in [-0.2, 0) is 9.59 Å². The lowest BCUT2D eigenvalue weighted by Crippen LogP contribution is -2.09. The van der Waals surface area contributed by atoms with Gasteiger partial charge in [-0.25, -0.2) is 0 Å². The van der Waals surface area contributed by atoms with Crippen molar-refractivity contribution in [1.82, 2.24) is 0 Å². The molecular formula is C5H8ClNO2. The third-order valence-corrected chi connectivity index (χ3v) is 0.985. The second kappa shape index (κ2) is 4.32. The number of carbonyl (C=O) groups is 2. The number of rotatable bonds is 4. The van der Waals surface area contributed by atoms with Crippen molar-refractivity contribution in [3.8, 4) is 0 Å². The fourth-order valence-electron chi connectivity index (χ4n) is 0.402. The minimum absolute atomic E-state index is 0.227. The summed E-state index contributed by atoms with van der Waals surface area (Å²) < 4.78 is 0. The van der Waals surface area contributed by atoms with Crippen molar-refractivity contribution in [3.63, 3.8) is 0 Å². The Bertz CT molecular complexity index is 110. The van der Waals surface area contributed by atoms with Crippen LogP contribution in [0.25, 0.3) is 0 Å². The molecular weight excluding hydrogens is 142 g/mol. The Morgan fingerprint density at radius 2 is 1.89 bits per heavy atom. The lowest BCUT2D eigenvalue weighted by molar-refractivity contribution is -0.118. The molecule has 2 N–H and O–H groups in total. The molecule has 0 fully saturated rings. The number of amides is 1. The van der Waals surface area contributed by atoms with Crippen LogP contribution in [0.15, 0.2) is 0 Å². The zero-order chi connectivity index (χ0) is 7.28. The number of nitrogens with two attached hydrogens (primary N) is 1. The van der Waals surface area contributed by atoms with Gasteiger partial charge >= 0.3 is 0 Å². The van der Waals surface area contributed by atoms with Crippen molar-refractivity contribution in [1.29, 1.82) is 0 Å². The molecule has 4 heteroatoms. The van der Waals surface area contributed by atoms with Gasteiger partial charge in [0, 0.05) is 12.8 Å². The van der Waals surface area contributed by atoms with Gasteiger partial charge in [0.15, 0.2) is 0 Å². The van der Waals surface area contributed by atoms with E-state index in [1.807, 2.05) is 0 Å². The molecule has 0 aliphatic heterocycles. The van der Waals surface area contributed by atoms with E-state index in [9.17, 15) is 9.59 Å². The standard InChI is InChI=1S/C5H8ClNO2/c6-4(8)2-1-3-5(7)9/h1-3H2,(H2,7,9). The van der Waals surface area contributed by atoms with E-state index in [4.69, 9.17) is 17.3 Å². The summed E-state index contributed by atoms with van der Waals surface area (Å²) >= 11 is 4.97. The normalized spacial score (nSPS) is 9.00. The molecule has 3 nitrogen and oxygen atoms in total. The Hall–Kier alpha value is -0.570. The second-order valence-corrected chi connectivity index (χ2v) is 2.10.